The molecule has 2 N–H and O–H groups in total. The number of fused-ring (bicyclic) bond motifs is 1. The second-order valence-corrected chi connectivity index (χ2v) is 9.54. The molecule has 1 heterocycles. The first-order valence-corrected chi connectivity index (χ1v) is 12.0. The number of carboxylic acids is 1. The third kappa shape index (κ3) is 5.17. The number of amides is 2. The molecule has 2 aliphatic rings. The third-order valence-corrected chi connectivity index (χ3v) is 7.21. The van der Waals surface area contributed by atoms with Gasteiger partial charge in [0.15, 0.2) is 0 Å². The molecule has 1 atom stereocenters. The lowest BCUT2D eigenvalue weighted by atomic mass is 9.81. The van der Waals surface area contributed by atoms with E-state index >= 15 is 0 Å². The van der Waals surface area contributed by atoms with Crippen LogP contribution in [0.5, 0.6) is 0 Å². The molecule has 2 aromatic rings. The number of benzene rings is 2. The maximum Gasteiger partial charge on any atom is 0.305 e. The first kappa shape index (κ1) is 23.6. The maximum absolute atomic E-state index is 13.6. The normalized spacial score (nSPS) is 22.5. The molecule has 0 spiro atoms. The molecule has 1 aliphatic heterocycles. The zero-order valence-corrected chi connectivity index (χ0v) is 19.6. The summed E-state index contributed by atoms with van der Waals surface area (Å²) >= 11 is 12.7. The van der Waals surface area contributed by atoms with Gasteiger partial charge >= 0.3 is 5.97 Å². The van der Waals surface area contributed by atoms with Crippen molar-refractivity contribution in [3.63, 3.8) is 0 Å². The molecule has 1 aliphatic carbocycles. The molecule has 0 aromatic heterocycles. The van der Waals surface area contributed by atoms with Gasteiger partial charge in [-0.3, -0.25) is 14.4 Å². The van der Waals surface area contributed by atoms with Crippen LogP contribution in [0.15, 0.2) is 42.5 Å². The number of rotatable bonds is 6. The monoisotopic (exact) mass is 488 g/mol. The lowest BCUT2D eigenvalue weighted by molar-refractivity contribution is -0.137. The number of nitrogens with one attached hydrogen (secondary N) is 1. The molecule has 0 saturated heterocycles. The van der Waals surface area contributed by atoms with Gasteiger partial charge in [0.2, 0.25) is 5.91 Å². The first-order valence-electron chi connectivity index (χ1n) is 11.2. The highest BCUT2D eigenvalue weighted by molar-refractivity contribution is 6.35. The summed E-state index contributed by atoms with van der Waals surface area (Å²) in [5.41, 5.74) is 2.59. The lowest BCUT2D eigenvalue weighted by Gasteiger charge is -2.44. The van der Waals surface area contributed by atoms with E-state index in [0.717, 1.165) is 11.1 Å². The fourth-order valence-corrected chi connectivity index (χ4v) is 5.53. The van der Waals surface area contributed by atoms with Crippen molar-refractivity contribution >= 4 is 41.0 Å². The molecule has 33 heavy (non-hydrogen) atoms. The Labute approximate surface area is 202 Å². The molecular weight excluding hydrogens is 463 g/mol. The Kier molecular flexibility index (Phi) is 7.25. The van der Waals surface area contributed by atoms with Crippen molar-refractivity contribution in [1.29, 1.82) is 0 Å². The minimum atomic E-state index is -0.935. The first-order chi connectivity index (χ1) is 15.8. The van der Waals surface area contributed by atoms with Crippen molar-refractivity contribution in [2.45, 2.75) is 50.6 Å². The van der Waals surface area contributed by atoms with Gasteiger partial charge in [-0.2, -0.15) is 0 Å². The highest BCUT2D eigenvalue weighted by Crippen LogP contribution is 2.41. The van der Waals surface area contributed by atoms with Gasteiger partial charge in [-0.25, -0.2) is 0 Å². The zero-order valence-electron chi connectivity index (χ0n) is 18.1. The van der Waals surface area contributed by atoms with E-state index in [0.29, 0.717) is 47.7 Å². The van der Waals surface area contributed by atoms with Crippen LogP contribution in [0.1, 0.15) is 59.6 Å². The topological polar surface area (TPSA) is 86.7 Å². The summed E-state index contributed by atoms with van der Waals surface area (Å²) in [5.74, 6) is -1.22. The van der Waals surface area contributed by atoms with Gasteiger partial charge in [0, 0.05) is 34.1 Å². The van der Waals surface area contributed by atoms with Gasteiger partial charge in [-0.1, -0.05) is 47.5 Å². The minimum absolute atomic E-state index is 0.00864. The molecular formula is C25H26Cl2N2O4. The summed E-state index contributed by atoms with van der Waals surface area (Å²) in [4.78, 5) is 38.7. The van der Waals surface area contributed by atoms with E-state index in [1.807, 2.05) is 35.2 Å². The largest absolute Gasteiger partial charge is 0.481 e. The van der Waals surface area contributed by atoms with Crippen LogP contribution < -0.4 is 5.32 Å². The van der Waals surface area contributed by atoms with Crippen LogP contribution in [0.4, 0.5) is 0 Å². The van der Waals surface area contributed by atoms with Crippen LogP contribution in [0.3, 0.4) is 0 Å². The quantitative estimate of drug-likeness (QED) is 0.606. The zero-order chi connectivity index (χ0) is 23.5. The average molecular weight is 489 g/mol. The Hall–Kier alpha value is -2.57. The Morgan fingerprint density at radius 2 is 1.79 bits per heavy atom. The number of carboxylic acid groups (broad SMARTS) is 1. The standard InChI is InChI=1S/C25H26Cl2N2O4/c26-17-7-10-20(21(27)14-17)22-13-16-3-1-2-4-19(16)25(33)29(22)18-8-5-15(6-9-18)24(32)28-12-11-23(30)31/h1-4,7,10,14-15,18,22H,5-6,8-9,11-13H2,(H,28,32)(H,30,31)/t15?,18?,22-/m1/s1. The third-order valence-electron chi connectivity index (χ3n) is 6.65. The number of carbonyl (C=O) groups excluding carboxylic acids is 2. The average Bonchev–Trinajstić information content (AvgIpc) is 2.79. The lowest BCUT2D eigenvalue weighted by Crippen LogP contribution is -2.49. The van der Waals surface area contributed by atoms with E-state index in [-0.39, 0.29) is 42.8 Å². The summed E-state index contributed by atoms with van der Waals surface area (Å²) in [6, 6.07) is 12.9. The Morgan fingerprint density at radius 3 is 2.48 bits per heavy atom. The van der Waals surface area contributed by atoms with Gasteiger partial charge in [0.25, 0.3) is 5.91 Å². The number of nitrogens with zero attached hydrogens (tertiary/aromatic N) is 1. The Balaban J connectivity index is 1.54. The van der Waals surface area contributed by atoms with E-state index in [9.17, 15) is 14.4 Å². The summed E-state index contributed by atoms with van der Waals surface area (Å²) in [6.45, 7) is 0.132. The van der Waals surface area contributed by atoms with E-state index in [2.05, 4.69) is 5.32 Å². The second kappa shape index (κ2) is 10.1. The van der Waals surface area contributed by atoms with E-state index in [1.165, 1.54) is 0 Å². The number of halogens is 2. The van der Waals surface area contributed by atoms with Crippen LogP contribution in [0, 0.1) is 5.92 Å². The van der Waals surface area contributed by atoms with E-state index in [1.54, 1.807) is 12.1 Å². The van der Waals surface area contributed by atoms with Crippen LogP contribution in [-0.4, -0.2) is 40.4 Å². The molecule has 2 amide bonds. The number of hydrogen-bond donors (Lipinski definition) is 2. The summed E-state index contributed by atoms with van der Waals surface area (Å²) in [5, 5.41) is 12.6. The smallest absolute Gasteiger partial charge is 0.305 e. The molecule has 1 fully saturated rings. The van der Waals surface area contributed by atoms with Gasteiger partial charge in [-0.05, 0) is 61.4 Å². The second-order valence-electron chi connectivity index (χ2n) is 8.70. The molecule has 6 nitrogen and oxygen atoms in total. The van der Waals surface area contributed by atoms with Crippen molar-refractivity contribution < 1.29 is 19.5 Å². The SMILES string of the molecule is O=C(O)CCNC(=O)C1CCC(N2C(=O)c3ccccc3C[C@@H]2c2ccc(Cl)cc2Cl)CC1. The van der Waals surface area contributed by atoms with Crippen molar-refractivity contribution in [3.05, 3.63) is 69.2 Å². The van der Waals surface area contributed by atoms with Crippen molar-refractivity contribution in [2.24, 2.45) is 5.92 Å². The highest BCUT2D eigenvalue weighted by Gasteiger charge is 2.40. The Bertz CT molecular complexity index is 1070. The fraction of sp³-hybridized carbons (Fsp3) is 0.400. The molecule has 0 bridgehead atoms. The molecule has 0 radical (unpaired) electrons. The summed E-state index contributed by atoms with van der Waals surface area (Å²) < 4.78 is 0. The molecule has 4 rings (SSSR count). The van der Waals surface area contributed by atoms with Crippen LogP contribution in [0.25, 0.3) is 0 Å². The van der Waals surface area contributed by atoms with Crippen molar-refractivity contribution in [2.75, 3.05) is 6.54 Å². The minimum Gasteiger partial charge on any atom is -0.481 e. The molecule has 1 saturated carbocycles. The maximum atomic E-state index is 13.6. The number of aliphatic carboxylic acids is 1. The van der Waals surface area contributed by atoms with E-state index < -0.39 is 5.97 Å². The molecule has 0 unspecified atom stereocenters. The highest BCUT2D eigenvalue weighted by atomic mass is 35.5. The fourth-order valence-electron chi connectivity index (χ4n) is 5.00. The predicted molar refractivity (Wildman–Crippen MR) is 127 cm³/mol. The summed E-state index contributed by atoms with van der Waals surface area (Å²) in [7, 11) is 0. The predicted octanol–water partition coefficient (Wildman–Crippen LogP) is 4.88. The van der Waals surface area contributed by atoms with Gasteiger partial charge < -0.3 is 15.3 Å². The van der Waals surface area contributed by atoms with E-state index in [4.69, 9.17) is 28.3 Å². The molecule has 174 valence electrons. The number of carbonyl (C=O) groups is 3. The van der Waals surface area contributed by atoms with Gasteiger partial charge in [-0.15, -0.1) is 0 Å². The van der Waals surface area contributed by atoms with Gasteiger partial charge in [0.1, 0.15) is 0 Å². The molecule has 2 aromatic carbocycles. The van der Waals surface area contributed by atoms with Gasteiger partial charge in [0.05, 0.1) is 12.5 Å². The van der Waals surface area contributed by atoms with Crippen LogP contribution >= 0.6 is 23.2 Å². The van der Waals surface area contributed by atoms with Crippen LogP contribution in [-0.2, 0) is 16.0 Å². The summed E-state index contributed by atoms with van der Waals surface area (Å²) in [6.07, 6.45) is 3.27. The van der Waals surface area contributed by atoms with Crippen molar-refractivity contribution in [1.82, 2.24) is 10.2 Å². The van der Waals surface area contributed by atoms with Crippen molar-refractivity contribution in [3.8, 4) is 0 Å². The van der Waals surface area contributed by atoms with Crippen LogP contribution in [0.2, 0.25) is 10.0 Å². The molecule has 8 heteroatoms. The number of hydrogen-bond acceptors (Lipinski definition) is 3. The Morgan fingerprint density at radius 1 is 1.06 bits per heavy atom.